The van der Waals surface area contributed by atoms with Crippen LogP contribution in [0.4, 0.5) is 5.82 Å². The Morgan fingerprint density at radius 3 is 2.94 bits per heavy atom. The van der Waals surface area contributed by atoms with E-state index in [1.807, 2.05) is 13.0 Å². The fourth-order valence-electron chi connectivity index (χ4n) is 1.47. The molecule has 2 aromatic rings. The zero-order valence-electron chi connectivity index (χ0n) is 9.83. The van der Waals surface area contributed by atoms with Gasteiger partial charge in [0.05, 0.1) is 6.20 Å². The minimum absolute atomic E-state index is 0.142. The number of benzene rings is 1. The monoisotopic (exact) mass is 308 g/mol. The minimum Gasteiger partial charge on any atom is -0.384 e. The minimum atomic E-state index is -0.142. The maximum absolute atomic E-state index is 11.9. The van der Waals surface area contributed by atoms with Crippen LogP contribution in [-0.4, -0.2) is 16.1 Å². The fourth-order valence-corrected chi connectivity index (χ4v) is 1.85. The first-order valence-corrected chi connectivity index (χ1v) is 6.19. The van der Waals surface area contributed by atoms with Crippen molar-refractivity contribution in [2.24, 2.45) is 0 Å². The number of aromatic amines is 1. The van der Waals surface area contributed by atoms with Crippen LogP contribution >= 0.6 is 15.9 Å². The zero-order chi connectivity index (χ0) is 13.1. The van der Waals surface area contributed by atoms with Crippen molar-refractivity contribution in [2.45, 2.75) is 13.5 Å². The molecule has 0 spiro atoms. The summed E-state index contributed by atoms with van der Waals surface area (Å²) in [7, 11) is 0. The highest BCUT2D eigenvalue weighted by Crippen LogP contribution is 2.17. The van der Waals surface area contributed by atoms with Gasteiger partial charge in [-0.15, -0.1) is 0 Å². The molecule has 1 aromatic carbocycles. The third kappa shape index (κ3) is 2.70. The molecule has 0 bridgehead atoms. The van der Waals surface area contributed by atoms with Crippen molar-refractivity contribution < 1.29 is 4.79 Å². The number of nitrogens with two attached hydrogens (primary N) is 1. The van der Waals surface area contributed by atoms with Crippen molar-refractivity contribution in [3.05, 3.63) is 45.6 Å². The highest BCUT2D eigenvalue weighted by Gasteiger charge is 2.08. The van der Waals surface area contributed by atoms with Crippen molar-refractivity contribution in [1.29, 1.82) is 0 Å². The van der Waals surface area contributed by atoms with Gasteiger partial charge in [-0.1, -0.05) is 22.0 Å². The van der Waals surface area contributed by atoms with Gasteiger partial charge in [0, 0.05) is 22.1 Å². The van der Waals surface area contributed by atoms with Crippen LogP contribution < -0.4 is 11.1 Å². The first-order valence-electron chi connectivity index (χ1n) is 5.40. The van der Waals surface area contributed by atoms with Gasteiger partial charge in [0.15, 0.2) is 0 Å². The van der Waals surface area contributed by atoms with Crippen molar-refractivity contribution in [2.75, 3.05) is 5.73 Å². The molecule has 4 N–H and O–H groups in total. The number of nitrogens with one attached hydrogen (secondary N) is 2. The summed E-state index contributed by atoms with van der Waals surface area (Å²) in [4.78, 5) is 11.9. The van der Waals surface area contributed by atoms with E-state index in [0.717, 1.165) is 15.6 Å². The maximum atomic E-state index is 11.9. The predicted molar refractivity (Wildman–Crippen MR) is 73.0 cm³/mol. The Morgan fingerprint density at radius 2 is 2.33 bits per heavy atom. The molecule has 0 aliphatic carbocycles. The molecule has 0 saturated heterocycles. The number of hydrogen-bond acceptors (Lipinski definition) is 3. The van der Waals surface area contributed by atoms with Gasteiger partial charge >= 0.3 is 0 Å². The number of aromatic nitrogens is 2. The molecule has 5 nitrogen and oxygen atoms in total. The molecule has 18 heavy (non-hydrogen) atoms. The summed E-state index contributed by atoms with van der Waals surface area (Å²) in [5.41, 5.74) is 8.10. The van der Waals surface area contributed by atoms with Crippen LogP contribution in [-0.2, 0) is 6.54 Å². The standard InChI is InChI=1S/C12H13BrN4O/c1-7-2-3-8(4-10(7)13)12(18)15-5-9-6-16-17-11(9)14/h2-4,6H,5H2,1H3,(H,15,18)(H3,14,16,17). The van der Waals surface area contributed by atoms with E-state index >= 15 is 0 Å². The van der Waals surface area contributed by atoms with E-state index in [9.17, 15) is 4.79 Å². The summed E-state index contributed by atoms with van der Waals surface area (Å²) in [6.07, 6.45) is 1.60. The Morgan fingerprint density at radius 1 is 1.56 bits per heavy atom. The summed E-state index contributed by atoms with van der Waals surface area (Å²) < 4.78 is 0.915. The molecule has 1 heterocycles. The Hall–Kier alpha value is -1.82. The lowest BCUT2D eigenvalue weighted by molar-refractivity contribution is 0.0951. The Labute approximate surface area is 113 Å². The van der Waals surface area contributed by atoms with Crippen LogP contribution in [0.1, 0.15) is 21.5 Å². The molecule has 0 fully saturated rings. The smallest absolute Gasteiger partial charge is 0.251 e. The fraction of sp³-hybridized carbons (Fsp3) is 0.167. The number of aryl methyl sites for hydroxylation is 1. The number of H-pyrrole nitrogens is 1. The number of carbonyl (C=O) groups is 1. The molecule has 0 unspecified atom stereocenters. The van der Waals surface area contributed by atoms with E-state index in [1.165, 1.54) is 0 Å². The van der Waals surface area contributed by atoms with E-state index in [2.05, 4.69) is 31.4 Å². The molecule has 1 amide bonds. The lowest BCUT2D eigenvalue weighted by Gasteiger charge is -2.06. The van der Waals surface area contributed by atoms with Gasteiger partial charge in [0.2, 0.25) is 0 Å². The van der Waals surface area contributed by atoms with Crippen molar-refractivity contribution in [1.82, 2.24) is 15.5 Å². The van der Waals surface area contributed by atoms with Crippen LogP contribution in [0.3, 0.4) is 0 Å². The molecule has 6 heteroatoms. The zero-order valence-corrected chi connectivity index (χ0v) is 11.4. The average molecular weight is 309 g/mol. The number of carbonyl (C=O) groups excluding carboxylic acids is 1. The van der Waals surface area contributed by atoms with E-state index < -0.39 is 0 Å². The first-order chi connectivity index (χ1) is 8.58. The molecule has 0 aliphatic rings. The van der Waals surface area contributed by atoms with Gasteiger partial charge in [0.25, 0.3) is 5.91 Å². The number of rotatable bonds is 3. The van der Waals surface area contributed by atoms with Crippen LogP contribution in [0.2, 0.25) is 0 Å². The molecule has 2 rings (SSSR count). The largest absolute Gasteiger partial charge is 0.384 e. The molecular weight excluding hydrogens is 296 g/mol. The van der Waals surface area contributed by atoms with Gasteiger partial charge in [-0.05, 0) is 24.6 Å². The maximum Gasteiger partial charge on any atom is 0.251 e. The number of nitrogen functional groups attached to an aromatic ring is 1. The van der Waals surface area contributed by atoms with E-state index in [0.29, 0.717) is 17.9 Å². The molecule has 0 radical (unpaired) electrons. The molecule has 0 saturated carbocycles. The summed E-state index contributed by atoms with van der Waals surface area (Å²) in [6, 6.07) is 5.47. The second kappa shape index (κ2) is 5.22. The van der Waals surface area contributed by atoms with Gasteiger partial charge in [-0.25, -0.2) is 0 Å². The summed E-state index contributed by atoms with van der Waals surface area (Å²) in [6.45, 7) is 2.32. The second-order valence-electron chi connectivity index (χ2n) is 3.96. The topological polar surface area (TPSA) is 83.8 Å². The molecular formula is C12H13BrN4O. The lowest BCUT2D eigenvalue weighted by Crippen LogP contribution is -2.23. The highest BCUT2D eigenvalue weighted by molar-refractivity contribution is 9.10. The number of hydrogen-bond donors (Lipinski definition) is 3. The molecule has 1 aromatic heterocycles. The van der Waals surface area contributed by atoms with Gasteiger partial charge in [0.1, 0.15) is 5.82 Å². The van der Waals surface area contributed by atoms with E-state index in [1.54, 1.807) is 18.3 Å². The van der Waals surface area contributed by atoms with Gasteiger partial charge in [-0.2, -0.15) is 5.10 Å². The van der Waals surface area contributed by atoms with E-state index in [-0.39, 0.29) is 5.91 Å². The van der Waals surface area contributed by atoms with E-state index in [4.69, 9.17) is 5.73 Å². The van der Waals surface area contributed by atoms with Crippen molar-refractivity contribution >= 4 is 27.7 Å². The summed E-state index contributed by atoms with van der Waals surface area (Å²) >= 11 is 3.40. The quantitative estimate of drug-likeness (QED) is 0.811. The summed E-state index contributed by atoms with van der Waals surface area (Å²) in [5.74, 6) is 0.330. The number of amides is 1. The average Bonchev–Trinajstić information content (AvgIpc) is 2.75. The Kier molecular flexibility index (Phi) is 3.66. The number of halogens is 1. The number of anilines is 1. The predicted octanol–water partition coefficient (Wildman–Crippen LogP) is 1.99. The summed E-state index contributed by atoms with van der Waals surface area (Å²) in [5, 5.41) is 9.20. The van der Waals surface area contributed by atoms with Gasteiger partial charge in [-0.3, -0.25) is 9.89 Å². The normalized spacial score (nSPS) is 10.3. The van der Waals surface area contributed by atoms with Gasteiger partial charge < -0.3 is 11.1 Å². The van der Waals surface area contributed by atoms with Crippen molar-refractivity contribution in [3.63, 3.8) is 0 Å². The van der Waals surface area contributed by atoms with Crippen LogP contribution in [0.5, 0.6) is 0 Å². The first kappa shape index (κ1) is 12.6. The number of nitrogens with zero attached hydrogens (tertiary/aromatic N) is 1. The van der Waals surface area contributed by atoms with Crippen LogP contribution in [0.25, 0.3) is 0 Å². The highest BCUT2D eigenvalue weighted by atomic mass is 79.9. The third-order valence-corrected chi connectivity index (χ3v) is 3.48. The molecule has 0 aliphatic heterocycles. The Balaban J connectivity index is 2.04. The molecule has 94 valence electrons. The van der Waals surface area contributed by atoms with Crippen molar-refractivity contribution in [3.8, 4) is 0 Å². The SMILES string of the molecule is Cc1ccc(C(=O)NCc2cn[nH]c2N)cc1Br. The Bertz CT molecular complexity index is 579. The molecule has 0 atom stereocenters. The third-order valence-electron chi connectivity index (χ3n) is 2.62. The van der Waals surface area contributed by atoms with Crippen LogP contribution in [0.15, 0.2) is 28.9 Å². The van der Waals surface area contributed by atoms with Crippen LogP contribution in [0, 0.1) is 6.92 Å². The second-order valence-corrected chi connectivity index (χ2v) is 4.81. The lowest BCUT2D eigenvalue weighted by atomic mass is 10.1.